The van der Waals surface area contributed by atoms with E-state index in [1.54, 1.807) is 25.4 Å². The van der Waals surface area contributed by atoms with E-state index in [0.717, 1.165) is 37.7 Å². The average molecular weight is 530 g/mol. The number of ether oxygens (including phenoxy) is 3. The lowest BCUT2D eigenvalue weighted by molar-refractivity contribution is -0.165. The molecule has 0 radical (unpaired) electrons. The molecule has 2 N–H and O–H groups in total. The zero-order valence-electron chi connectivity index (χ0n) is 20.5. The number of aromatic nitrogens is 3. The summed E-state index contributed by atoms with van der Waals surface area (Å²) in [4.78, 5) is 24.6. The van der Waals surface area contributed by atoms with Crippen LogP contribution in [0.3, 0.4) is 0 Å². The van der Waals surface area contributed by atoms with E-state index in [2.05, 4.69) is 25.6 Å². The lowest BCUT2D eigenvalue weighted by Gasteiger charge is -2.53. The van der Waals surface area contributed by atoms with Crippen LogP contribution in [-0.2, 0) is 22.5 Å². The molecule has 2 saturated heterocycles. The van der Waals surface area contributed by atoms with E-state index in [1.807, 2.05) is 6.07 Å². The van der Waals surface area contributed by atoms with Crippen LogP contribution >= 0.6 is 12.4 Å². The fourth-order valence-electron chi connectivity index (χ4n) is 5.50. The van der Waals surface area contributed by atoms with Crippen molar-refractivity contribution >= 4 is 35.0 Å². The molecule has 2 bridgehead atoms. The third kappa shape index (κ3) is 4.93. The Morgan fingerprint density at radius 2 is 2.03 bits per heavy atom. The molecule has 7 rings (SSSR count). The minimum atomic E-state index is -0.345. The van der Waals surface area contributed by atoms with Crippen molar-refractivity contribution in [3.8, 4) is 11.8 Å². The van der Waals surface area contributed by atoms with Crippen LogP contribution in [0, 0.1) is 5.82 Å². The van der Waals surface area contributed by atoms with Crippen molar-refractivity contribution in [3.63, 3.8) is 0 Å². The minimum absolute atomic E-state index is 0. The number of anilines is 1. The van der Waals surface area contributed by atoms with Gasteiger partial charge in [0.2, 0.25) is 11.8 Å². The molecule has 1 aliphatic carbocycles. The average Bonchev–Trinajstić information content (AvgIpc) is 2.92. The molecule has 3 fully saturated rings. The van der Waals surface area contributed by atoms with Crippen molar-refractivity contribution in [2.75, 3.05) is 25.6 Å². The highest BCUT2D eigenvalue weighted by Crippen LogP contribution is 2.46. The number of halogens is 2. The van der Waals surface area contributed by atoms with Gasteiger partial charge in [0.05, 0.1) is 36.5 Å². The smallest absolute Gasteiger partial charge is 0.262 e. The molecule has 37 heavy (non-hydrogen) atoms. The summed E-state index contributed by atoms with van der Waals surface area (Å²) in [6.45, 7) is 1.22. The van der Waals surface area contributed by atoms with Crippen LogP contribution in [0.2, 0.25) is 0 Å². The number of pyridine rings is 3. The maximum atomic E-state index is 14.8. The Morgan fingerprint density at radius 3 is 2.78 bits per heavy atom. The molecule has 11 heteroatoms. The van der Waals surface area contributed by atoms with E-state index in [0.29, 0.717) is 53.6 Å². The molecule has 0 spiro atoms. The fourth-order valence-corrected chi connectivity index (χ4v) is 5.50. The van der Waals surface area contributed by atoms with E-state index in [-0.39, 0.29) is 41.9 Å². The van der Waals surface area contributed by atoms with Gasteiger partial charge in [-0.1, -0.05) is 0 Å². The maximum absolute atomic E-state index is 14.8. The standard InChI is InChI=1S/C26H28FN5O4.ClH/c1-34-22-3-2-19-23(32-22)17(18(27)13-28-19)4-5-26-8-6-25(7-9-26,15-36-26)30-12-16-10-20-24(29-11-16)35-14-21(33)31-20;/h2-3,10-11,13,30H,4-9,12,14-15H2,1H3,(H,31,33);1H. The largest absolute Gasteiger partial charge is 0.481 e. The number of carbonyl (C=O) groups is 1. The number of nitrogens with one attached hydrogen (secondary N) is 2. The highest BCUT2D eigenvalue weighted by atomic mass is 35.5. The monoisotopic (exact) mass is 529 g/mol. The minimum Gasteiger partial charge on any atom is -0.481 e. The van der Waals surface area contributed by atoms with Gasteiger partial charge in [-0.2, -0.15) is 0 Å². The third-order valence-corrected chi connectivity index (χ3v) is 7.74. The summed E-state index contributed by atoms with van der Waals surface area (Å²) in [7, 11) is 1.55. The van der Waals surface area contributed by atoms with Gasteiger partial charge in [0.25, 0.3) is 5.91 Å². The van der Waals surface area contributed by atoms with Gasteiger partial charge in [0, 0.05) is 29.9 Å². The van der Waals surface area contributed by atoms with Crippen LogP contribution in [-0.4, -0.2) is 52.3 Å². The zero-order chi connectivity index (χ0) is 24.8. The van der Waals surface area contributed by atoms with Crippen molar-refractivity contribution in [1.29, 1.82) is 0 Å². The van der Waals surface area contributed by atoms with E-state index in [1.165, 1.54) is 6.20 Å². The van der Waals surface area contributed by atoms with E-state index < -0.39 is 0 Å². The second kappa shape index (κ2) is 10.00. The van der Waals surface area contributed by atoms with E-state index in [4.69, 9.17) is 14.2 Å². The molecule has 6 heterocycles. The molecule has 0 aromatic carbocycles. The Labute approximate surface area is 219 Å². The van der Waals surface area contributed by atoms with Crippen LogP contribution in [0.15, 0.2) is 30.6 Å². The van der Waals surface area contributed by atoms with Crippen molar-refractivity contribution in [3.05, 3.63) is 47.5 Å². The second-order valence-electron chi connectivity index (χ2n) is 9.94. The molecule has 196 valence electrons. The van der Waals surface area contributed by atoms with Crippen LogP contribution in [0.1, 0.15) is 43.2 Å². The SMILES string of the molecule is COc1ccc2ncc(F)c(CCC34CCC(NCc5cnc6c(c5)NC(=O)CO6)(CC3)CO4)c2n1.Cl. The number of hydrogen-bond acceptors (Lipinski definition) is 8. The van der Waals surface area contributed by atoms with Gasteiger partial charge < -0.3 is 24.8 Å². The number of amides is 1. The summed E-state index contributed by atoms with van der Waals surface area (Å²) in [6, 6.07) is 5.44. The molecule has 0 unspecified atom stereocenters. The predicted molar refractivity (Wildman–Crippen MR) is 137 cm³/mol. The lowest BCUT2D eigenvalue weighted by Crippen LogP contribution is -2.61. The maximum Gasteiger partial charge on any atom is 0.262 e. The first kappa shape index (κ1) is 25.6. The Bertz CT molecular complexity index is 1320. The van der Waals surface area contributed by atoms with Gasteiger partial charge in [0.1, 0.15) is 11.5 Å². The quantitative estimate of drug-likeness (QED) is 0.477. The van der Waals surface area contributed by atoms with Crippen LogP contribution in [0.25, 0.3) is 11.0 Å². The van der Waals surface area contributed by atoms with Gasteiger partial charge in [0.15, 0.2) is 6.61 Å². The first-order chi connectivity index (χ1) is 17.5. The van der Waals surface area contributed by atoms with Gasteiger partial charge in [-0.3, -0.25) is 9.78 Å². The van der Waals surface area contributed by atoms with Crippen LogP contribution in [0.5, 0.6) is 11.8 Å². The number of fused-ring (bicyclic) bond motifs is 5. The van der Waals surface area contributed by atoms with Crippen LogP contribution in [0.4, 0.5) is 10.1 Å². The van der Waals surface area contributed by atoms with Crippen molar-refractivity contribution in [1.82, 2.24) is 20.3 Å². The van der Waals surface area contributed by atoms with E-state index in [9.17, 15) is 9.18 Å². The molecule has 9 nitrogen and oxygen atoms in total. The lowest BCUT2D eigenvalue weighted by atomic mass is 9.69. The van der Waals surface area contributed by atoms with Crippen molar-refractivity contribution in [2.24, 2.45) is 0 Å². The Balaban J connectivity index is 0.00000280. The molecule has 0 atom stereocenters. The topological polar surface area (TPSA) is 107 Å². The molecular formula is C26H29ClFN5O4. The molecule has 1 saturated carbocycles. The van der Waals surface area contributed by atoms with Crippen LogP contribution < -0.4 is 20.1 Å². The molecule has 3 aromatic heterocycles. The zero-order valence-corrected chi connectivity index (χ0v) is 21.3. The number of hydrogen-bond donors (Lipinski definition) is 2. The molecular weight excluding hydrogens is 501 g/mol. The number of nitrogens with zero attached hydrogens (tertiary/aromatic N) is 3. The normalized spacial score (nSPS) is 24.1. The number of aryl methyl sites for hydroxylation is 1. The Morgan fingerprint density at radius 1 is 1.19 bits per heavy atom. The summed E-state index contributed by atoms with van der Waals surface area (Å²) in [6.07, 6.45) is 8.09. The Kier molecular flexibility index (Phi) is 6.91. The summed E-state index contributed by atoms with van der Waals surface area (Å²) in [5.41, 5.74) is 3.00. The van der Waals surface area contributed by atoms with Gasteiger partial charge in [-0.25, -0.2) is 14.4 Å². The number of methoxy groups -OCH3 is 1. The predicted octanol–water partition coefficient (Wildman–Crippen LogP) is 3.73. The highest BCUT2D eigenvalue weighted by molar-refractivity contribution is 5.94. The summed E-state index contributed by atoms with van der Waals surface area (Å²) < 4.78 is 31.8. The Hall–Kier alpha value is -3.08. The summed E-state index contributed by atoms with van der Waals surface area (Å²) in [5, 5.41) is 6.49. The molecule has 4 aliphatic rings. The third-order valence-electron chi connectivity index (χ3n) is 7.74. The fraction of sp³-hybridized carbons (Fsp3) is 0.462. The van der Waals surface area contributed by atoms with Crippen molar-refractivity contribution in [2.45, 2.75) is 56.2 Å². The highest BCUT2D eigenvalue weighted by Gasteiger charge is 2.49. The summed E-state index contributed by atoms with van der Waals surface area (Å²) >= 11 is 0. The van der Waals surface area contributed by atoms with Gasteiger partial charge in [-0.15, -0.1) is 12.4 Å². The van der Waals surface area contributed by atoms with Gasteiger partial charge >= 0.3 is 0 Å². The van der Waals surface area contributed by atoms with Crippen molar-refractivity contribution < 1.29 is 23.4 Å². The molecule has 3 aromatic rings. The molecule has 1 amide bonds. The first-order valence-corrected chi connectivity index (χ1v) is 12.3. The van der Waals surface area contributed by atoms with Gasteiger partial charge in [-0.05, 0) is 56.2 Å². The first-order valence-electron chi connectivity index (χ1n) is 12.3. The molecule has 3 aliphatic heterocycles. The second-order valence-corrected chi connectivity index (χ2v) is 9.94. The number of rotatable bonds is 7. The van der Waals surface area contributed by atoms with E-state index >= 15 is 0 Å². The summed E-state index contributed by atoms with van der Waals surface area (Å²) in [5.74, 6) is 0.377. The number of carbonyl (C=O) groups excluding carboxylic acids is 1.